The normalized spacial score (nSPS) is 10.6. The standard InChI is InChI=1S/C8H8N2O/c11-6-7-5-10-3-1-2-8(10)4-9-7/h1-5,11H,6H2. The van der Waals surface area contributed by atoms with Gasteiger partial charge in [0.1, 0.15) is 0 Å². The molecule has 0 unspecified atom stereocenters. The van der Waals surface area contributed by atoms with E-state index in [9.17, 15) is 0 Å². The largest absolute Gasteiger partial charge is 0.390 e. The lowest BCUT2D eigenvalue weighted by molar-refractivity contribution is 0.276. The Balaban J connectivity index is 2.67. The first kappa shape index (κ1) is 6.37. The van der Waals surface area contributed by atoms with Crippen LogP contribution in [0.1, 0.15) is 5.69 Å². The van der Waals surface area contributed by atoms with E-state index in [1.807, 2.05) is 28.9 Å². The van der Waals surface area contributed by atoms with Gasteiger partial charge in [-0.25, -0.2) is 0 Å². The molecule has 0 bridgehead atoms. The van der Waals surface area contributed by atoms with Crippen molar-refractivity contribution in [2.75, 3.05) is 0 Å². The molecule has 0 aliphatic carbocycles. The molecule has 0 spiro atoms. The predicted octanol–water partition coefficient (Wildman–Crippen LogP) is 0.827. The first-order valence-electron chi connectivity index (χ1n) is 3.42. The Labute approximate surface area is 63.9 Å². The summed E-state index contributed by atoms with van der Waals surface area (Å²) in [5.74, 6) is 0. The zero-order chi connectivity index (χ0) is 7.68. The zero-order valence-corrected chi connectivity index (χ0v) is 5.94. The summed E-state index contributed by atoms with van der Waals surface area (Å²) in [4.78, 5) is 4.03. The van der Waals surface area contributed by atoms with E-state index in [-0.39, 0.29) is 6.61 Å². The molecule has 0 fully saturated rings. The van der Waals surface area contributed by atoms with Crippen molar-refractivity contribution in [2.24, 2.45) is 0 Å². The molecule has 3 heteroatoms. The van der Waals surface area contributed by atoms with Gasteiger partial charge in [0, 0.05) is 12.4 Å². The van der Waals surface area contributed by atoms with Crippen molar-refractivity contribution in [3.63, 3.8) is 0 Å². The Morgan fingerprint density at radius 2 is 2.45 bits per heavy atom. The highest BCUT2D eigenvalue weighted by Gasteiger charge is 1.93. The molecule has 2 rings (SSSR count). The fraction of sp³-hybridized carbons (Fsp3) is 0.125. The predicted molar refractivity (Wildman–Crippen MR) is 41.1 cm³/mol. The molecule has 3 nitrogen and oxygen atoms in total. The number of aliphatic hydroxyl groups excluding tert-OH is 1. The van der Waals surface area contributed by atoms with Crippen LogP contribution in [-0.2, 0) is 6.61 Å². The van der Waals surface area contributed by atoms with Crippen LogP contribution in [-0.4, -0.2) is 14.5 Å². The van der Waals surface area contributed by atoms with E-state index in [0.29, 0.717) is 5.69 Å². The van der Waals surface area contributed by atoms with E-state index in [1.54, 1.807) is 6.20 Å². The zero-order valence-electron chi connectivity index (χ0n) is 5.94. The number of hydrogen-bond acceptors (Lipinski definition) is 2. The lowest BCUT2D eigenvalue weighted by Crippen LogP contribution is -1.92. The van der Waals surface area contributed by atoms with Crippen LogP contribution in [0, 0.1) is 0 Å². The molecule has 2 heterocycles. The van der Waals surface area contributed by atoms with E-state index < -0.39 is 0 Å². The summed E-state index contributed by atoms with van der Waals surface area (Å²) in [7, 11) is 0. The summed E-state index contributed by atoms with van der Waals surface area (Å²) in [5.41, 5.74) is 1.73. The number of nitrogens with zero attached hydrogens (tertiary/aromatic N) is 2. The lowest BCUT2D eigenvalue weighted by Gasteiger charge is -1.96. The van der Waals surface area contributed by atoms with E-state index in [4.69, 9.17) is 5.11 Å². The van der Waals surface area contributed by atoms with Crippen LogP contribution in [0.2, 0.25) is 0 Å². The smallest absolute Gasteiger partial charge is 0.0867 e. The van der Waals surface area contributed by atoms with Crippen molar-refractivity contribution >= 4 is 5.52 Å². The molecule has 0 radical (unpaired) electrons. The summed E-state index contributed by atoms with van der Waals surface area (Å²) < 4.78 is 1.93. The van der Waals surface area contributed by atoms with E-state index >= 15 is 0 Å². The van der Waals surface area contributed by atoms with Gasteiger partial charge >= 0.3 is 0 Å². The molecular weight excluding hydrogens is 140 g/mol. The number of fused-ring (bicyclic) bond motifs is 1. The second kappa shape index (κ2) is 2.36. The quantitative estimate of drug-likeness (QED) is 0.650. The van der Waals surface area contributed by atoms with Gasteiger partial charge in [0.25, 0.3) is 0 Å². The number of hydrogen-bond donors (Lipinski definition) is 1. The Hall–Kier alpha value is -1.35. The Bertz CT molecular complexity index is 367. The third-order valence-corrected chi connectivity index (χ3v) is 1.62. The summed E-state index contributed by atoms with van der Waals surface area (Å²) in [6, 6.07) is 3.91. The molecule has 0 aromatic carbocycles. The van der Waals surface area contributed by atoms with Crippen LogP contribution in [0.5, 0.6) is 0 Å². The maximum atomic E-state index is 8.76. The second-order valence-corrected chi connectivity index (χ2v) is 2.38. The van der Waals surface area contributed by atoms with Crippen LogP contribution < -0.4 is 0 Å². The van der Waals surface area contributed by atoms with Crippen LogP contribution in [0.15, 0.2) is 30.7 Å². The molecular formula is C8H8N2O. The van der Waals surface area contributed by atoms with Crippen molar-refractivity contribution in [3.8, 4) is 0 Å². The Morgan fingerprint density at radius 3 is 3.27 bits per heavy atom. The third-order valence-electron chi connectivity index (χ3n) is 1.62. The summed E-state index contributed by atoms with van der Waals surface area (Å²) >= 11 is 0. The molecule has 0 saturated heterocycles. The van der Waals surface area contributed by atoms with Gasteiger partial charge in [0.15, 0.2) is 0 Å². The molecule has 0 amide bonds. The average Bonchev–Trinajstić information content (AvgIpc) is 2.50. The van der Waals surface area contributed by atoms with Crippen molar-refractivity contribution in [3.05, 3.63) is 36.4 Å². The molecule has 0 atom stereocenters. The number of aromatic nitrogens is 2. The maximum Gasteiger partial charge on any atom is 0.0867 e. The molecule has 0 saturated carbocycles. The third kappa shape index (κ3) is 0.991. The van der Waals surface area contributed by atoms with Crippen molar-refractivity contribution < 1.29 is 5.11 Å². The van der Waals surface area contributed by atoms with Gasteiger partial charge in [-0.3, -0.25) is 4.98 Å². The summed E-state index contributed by atoms with van der Waals surface area (Å²) in [5, 5.41) is 8.76. The van der Waals surface area contributed by atoms with E-state index in [0.717, 1.165) is 5.52 Å². The second-order valence-electron chi connectivity index (χ2n) is 2.38. The number of rotatable bonds is 1. The first-order valence-corrected chi connectivity index (χ1v) is 3.42. The molecule has 56 valence electrons. The van der Waals surface area contributed by atoms with Crippen molar-refractivity contribution in [1.29, 1.82) is 0 Å². The summed E-state index contributed by atoms with van der Waals surface area (Å²) in [6.07, 6.45) is 5.48. The Morgan fingerprint density at radius 1 is 1.55 bits per heavy atom. The average molecular weight is 148 g/mol. The lowest BCUT2D eigenvalue weighted by atomic mass is 10.4. The topological polar surface area (TPSA) is 37.5 Å². The fourth-order valence-corrected chi connectivity index (χ4v) is 1.06. The van der Waals surface area contributed by atoms with Crippen LogP contribution in [0.4, 0.5) is 0 Å². The minimum Gasteiger partial charge on any atom is -0.390 e. The molecule has 2 aromatic rings. The highest BCUT2D eigenvalue weighted by Crippen LogP contribution is 2.03. The van der Waals surface area contributed by atoms with Gasteiger partial charge in [-0.2, -0.15) is 0 Å². The molecule has 0 aliphatic rings. The first-order chi connectivity index (χ1) is 5.40. The van der Waals surface area contributed by atoms with Gasteiger partial charge in [0.05, 0.1) is 24.0 Å². The van der Waals surface area contributed by atoms with Crippen LogP contribution in [0.3, 0.4) is 0 Å². The van der Waals surface area contributed by atoms with Gasteiger partial charge < -0.3 is 9.51 Å². The molecule has 2 aromatic heterocycles. The Kier molecular flexibility index (Phi) is 1.36. The van der Waals surface area contributed by atoms with Gasteiger partial charge in [0.2, 0.25) is 0 Å². The van der Waals surface area contributed by atoms with Crippen LogP contribution in [0.25, 0.3) is 5.52 Å². The fourth-order valence-electron chi connectivity index (χ4n) is 1.06. The minimum absolute atomic E-state index is 0.00583. The summed E-state index contributed by atoms with van der Waals surface area (Å²) in [6.45, 7) is -0.00583. The monoisotopic (exact) mass is 148 g/mol. The highest BCUT2D eigenvalue weighted by molar-refractivity contribution is 5.44. The SMILES string of the molecule is OCc1cn2cccc2cn1. The van der Waals surface area contributed by atoms with Crippen molar-refractivity contribution in [2.45, 2.75) is 6.61 Å². The van der Waals surface area contributed by atoms with Gasteiger partial charge in [-0.1, -0.05) is 0 Å². The van der Waals surface area contributed by atoms with Crippen molar-refractivity contribution in [1.82, 2.24) is 9.38 Å². The molecule has 0 aliphatic heterocycles. The van der Waals surface area contributed by atoms with E-state index in [2.05, 4.69) is 4.98 Å². The van der Waals surface area contributed by atoms with E-state index in [1.165, 1.54) is 0 Å². The van der Waals surface area contributed by atoms with Crippen LogP contribution >= 0.6 is 0 Å². The minimum atomic E-state index is -0.00583. The van der Waals surface area contributed by atoms with Gasteiger partial charge in [-0.15, -0.1) is 0 Å². The molecule has 11 heavy (non-hydrogen) atoms. The van der Waals surface area contributed by atoms with Gasteiger partial charge in [-0.05, 0) is 12.1 Å². The maximum absolute atomic E-state index is 8.76. The highest BCUT2D eigenvalue weighted by atomic mass is 16.3. The molecule has 1 N–H and O–H groups in total. The number of aliphatic hydroxyl groups is 1.